The minimum absolute atomic E-state index is 0. The van der Waals surface area contributed by atoms with Crippen LogP contribution in [0.2, 0.25) is 0 Å². The van der Waals surface area contributed by atoms with Gasteiger partial charge >= 0.3 is 6.18 Å². The number of hydrogen-bond acceptors (Lipinski definition) is 3. The van der Waals surface area contributed by atoms with Crippen LogP contribution in [0, 0.1) is 5.41 Å². The van der Waals surface area contributed by atoms with Crippen molar-refractivity contribution in [2.75, 3.05) is 19.6 Å². The molecule has 0 aromatic heterocycles. The Kier molecular flexibility index (Phi) is 5.55. The van der Waals surface area contributed by atoms with Crippen LogP contribution >= 0.6 is 12.4 Å². The van der Waals surface area contributed by atoms with Crippen LogP contribution in [0.1, 0.15) is 18.9 Å². The van der Waals surface area contributed by atoms with Crippen molar-refractivity contribution in [1.29, 1.82) is 0 Å². The van der Waals surface area contributed by atoms with Gasteiger partial charge in [-0.2, -0.15) is 17.5 Å². The molecule has 1 unspecified atom stereocenters. The zero-order chi connectivity index (χ0) is 15.9. The Hall–Kier alpha value is -0.830. The number of hydrogen-bond donors (Lipinski definition) is 1. The van der Waals surface area contributed by atoms with Crippen molar-refractivity contribution in [3.63, 3.8) is 0 Å². The van der Waals surface area contributed by atoms with Gasteiger partial charge in [-0.25, -0.2) is 8.42 Å². The van der Waals surface area contributed by atoms with Crippen LogP contribution in [0.5, 0.6) is 0 Å². The van der Waals surface area contributed by atoms with E-state index in [1.165, 1.54) is 10.4 Å². The quantitative estimate of drug-likeness (QED) is 0.902. The van der Waals surface area contributed by atoms with Gasteiger partial charge in [0.15, 0.2) is 0 Å². The number of alkyl halides is 3. The molecule has 1 fully saturated rings. The normalized spacial score (nSPS) is 23.3. The first-order valence-corrected chi connectivity index (χ1v) is 7.90. The van der Waals surface area contributed by atoms with E-state index in [0.29, 0.717) is 19.0 Å². The third-order valence-electron chi connectivity index (χ3n) is 3.81. The standard InChI is InChI=1S/C13H17F3N2O2S.ClH/c1-12(8-17)5-6-18(9-12)21(19,20)11-4-2-3-10(7-11)13(14,15)16;/h2-4,7H,5-6,8-9,17H2,1H3;1H. The lowest BCUT2D eigenvalue weighted by Crippen LogP contribution is -2.34. The van der Waals surface area contributed by atoms with E-state index in [2.05, 4.69) is 0 Å². The van der Waals surface area contributed by atoms with Crippen molar-refractivity contribution >= 4 is 22.4 Å². The molecule has 0 amide bonds. The molecule has 0 spiro atoms. The molecule has 9 heteroatoms. The van der Waals surface area contributed by atoms with Gasteiger partial charge in [-0.15, -0.1) is 12.4 Å². The van der Waals surface area contributed by atoms with Crippen LogP contribution in [-0.4, -0.2) is 32.4 Å². The molecule has 1 aromatic carbocycles. The first-order valence-electron chi connectivity index (χ1n) is 6.46. The Morgan fingerprint density at radius 1 is 1.36 bits per heavy atom. The van der Waals surface area contributed by atoms with Crippen LogP contribution in [-0.2, 0) is 16.2 Å². The summed E-state index contributed by atoms with van der Waals surface area (Å²) in [7, 11) is -3.92. The molecule has 1 aliphatic rings. The number of nitrogens with two attached hydrogens (primary N) is 1. The van der Waals surface area contributed by atoms with Gasteiger partial charge in [-0.1, -0.05) is 13.0 Å². The van der Waals surface area contributed by atoms with E-state index in [-0.39, 0.29) is 35.8 Å². The summed E-state index contributed by atoms with van der Waals surface area (Å²) in [6, 6.07) is 3.82. The summed E-state index contributed by atoms with van der Waals surface area (Å²) in [5.41, 5.74) is 4.33. The van der Waals surface area contributed by atoms with Gasteiger partial charge in [0, 0.05) is 13.1 Å². The number of halogens is 4. The summed E-state index contributed by atoms with van der Waals surface area (Å²) in [4.78, 5) is -0.335. The predicted molar refractivity (Wildman–Crippen MR) is 79.2 cm³/mol. The maximum atomic E-state index is 12.7. The van der Waals surface area contributed by atoms with Crippen molar-refractivity contribution in [1.82, 2.24) is 4.31 Å². The second kappa shape index (κ2) is 6.35. The smallest absolute Gasteiger partial charge is 0.330 e. The van der Waals surface area contributed by atoms with Crippen molar-refractivity contribution in [3.05, 3.63) is 29.8 Å². The molecule has 0 radical (unpaired) electrons. The monoisotopic (exact) mass is 358 g/mol. The van der Waals surface area contributed by atoms with E-state index in [4.69, 9.17) is 5.73 Å². The average Bonchev–Trinajstić information content (AvgIpc) is 2.82. The second-order valence-electron chi connectivity index (χ2n) is 5.63. The maximum absolute atomic E-state index is 12.7. The Labute approximate surface area is 133 Å². The Bertz CT molecular complexity index is 636. The molecule has 0 aliphatic carbocycles. The minimum Gasteiger partial charge on any atom is -0.330 e. The zero-order valence-electron chi connectivity index (χ0n) is 11.9. The molecule has 0 saturated carbocycles. The van der Waals surface area contributed by atoms with Crippen LogP contribution in [0.25, 0.3) is 0 Å². The first-order chi connectivity index (χ1) is 9.58. The van der Waals surface area contributed by atoms with Crippen molar-refractivity contribution in [3.8, 4) is 0 Å². The fraction of sp³-hybridized carbons (Fsp3) is 0.538. The van der Waals surface area contributed by atoms with Gasteiger partial charge in [0.25, 0.3) is 0 Å². The predicted octanol–water partition coefficient (Wildman–Crippen LogP) is 2.49. The summed E-state index contributed by atoms with van der Waals surface area (Å²) in [6.07, 6.45) is -3.97. The van der Waals surface area contributed by atoms with Gasteiger partial charge < -0.3 is 5.73 Å². The van der Waals surface area contributed by atoms with E-state index < -0.39 is 21.8 Å². The summed E-state index contributed by atoms with van der Waals surface area (Å²) in [5, 5.41) is 0. The van der Waals surface area contributed by atoms with E-state index in [1.807, 2.05) is 6.92 Å². The van der Waals surface area contributed by atoms with Gasteiger partial charge in [-0.3, -0.25) is 0 Å². The maximum Gasteiger partial charge on any atom is 0.416 e. The highest BCUT2D eigenvalue weighted by Crippen LogP contribution is 2.34. The molecular weight excluding hydrogens is 341 g/mol. The minimum atomic E-state index is -4.57. The highest BCUT2D eigenvalue weighted by Gasteiger charge is 2.40. The van der Waals surface area contributed by atoms with E-state index >= 15 is 0 Å². The van der Waals surface area contributed by atoms with Crippen LogP contribution < -0.4 is 5.73 Å². The third-order valence-corrected chi connectivity index (χ3v) is 5.66. The Balaban J connectivity index is 0.00000242. The van der Waals surface area contributed by atoms with Gasteiger partial charge in [0.2, 0.25) is 10.0 Å². The molecule has 1 atom stereocenters. The fourth-order valence-electron chi connectivity index (χ4n) is 2.33. The third kappa shape index (κ3) is 3.73. The average molecular weight is 359 g/mol. The molecule has 1 heterocycles. The summed E-state index contributed by atoms with van der Waals surface area (Å²) in [5.74, 6) is 0. The SMILES string of the molecule is CC1(CN)CCN(S(=O)(=O)c2cccc(C(F)(F)F)c2)C1.Cl. The van der Waals surface area contributed by atoms with E-state index in [9.17, 15) is 21.6 Å². The van der Waals surface area contributed by atoms with E-state index in [1.54, 1.807) is 0 Å². The highest BCUT2D eigenvalue weighted by molar-refractivity contribution is 7.89. The summed E-state index contributed by atoms with van der Waals surface area (Å²) in [6.45, 7) is 2.70. The lowest BCUT2D eigenvalue weighted by molar-refractivity contribution is -0.137. The van der Waals surface area contributed by atoms with Crippen molar-refractivity contribution in [2.24, 2.45) is 11.1 Å². The molecule has 1 aliphatic heterocycles. The highest BCUT2D eigenvalue weighted by atomic mass is 35.5. The van der Waals surface area contributed by atoms with Gasteiger partial charge in [0.05, 0.1) is 10.5 Å². The molecule has 126 valence electrons. The lowest BCUT2D eigenvalue weighted by atomic mass is 9.90. The number of sulfonamides is 1. The first kappa shape index (κ1) is 19.2. The molecule has 1 saturated heterocycles. The molecule has 0 bridgehead atoms. The molecule has 2 rings (SSSR count). The molecule has 1 aromatic rings. The van der Waals surface area contributed by atoms with Gasteiger partial charge in [-0.05, 0) is 36.6 Å². The summed E-state index contributed by atoms with van der Waals surface area (Å²) >= 11 is 0. The number of benzene rings is 1. The van der Waals surface area contributed by atoms with Crippen LogP contribution in [0.15, 0.2) is 29.2 Å². The fourth-order valence-corrected chi connectivity index (χ4v) is 3.97. The molecule has 2 N–H and O–H groups in total. The van der Waals surface area contributed by atoms with Gasteiger partial charge in [0.1, 0.15) is 0 Å². The molecule has 22 heavy (non-hydrogen) atoms. The number of nitrogens with zero attached hydrogens (tertiary/aromatic N) is 1. The zero-order valence-corrected chi connectivity index (χ0v) is 13.6. The molecule has 4 nitrogen and oxygen atoms in total. The van der Waals surface area contributed by atoms with E-state index in [0.717, 1.165) is 12.1 Å². The van der Waals surface area contributed by atoms with Crippen LogP contribution in [0.4, 0.5) is 13.2 Å². The lowest BCUT2D eigenvalue weighted by Gasteiger charge is -2.22. The Morgan fingerprint density at radius 2 is 2.00 bits per heavy atom. The van der Waals surface area contributed by atoms with Crippen LogP contribution in [0.3, 0.4) is 0 Å². The summed E-state index contributed by atoms with van der Waals surface area (Å²) < 4.78 is 64.1. The second-order valence-corrected chi connectivity index (χ2v) is 7.57. The topological polar surface area (TPSA) is 63.4 Å². The Morgan fingerprint density at radius 3 is 2.50 bits per heavy atom. The largest absolute Gasteiger partial charge is 0.416 e. The number of rotatable bonds is 3. The van der Waals surface area contributed by atoms with Crippen molar-refractivity contribution in [2.45, 2.75) is 24.4 Å². The molecular formula is C13H18ClF3N2O2S. The van der Waals surface area contributed by atoms with Crippen molar-refractivity contribution < 1.29 is 21.6 Å².